The van der Waals surface area contributed by atoms with Crippen molar-refractivity contribution in [3.63, 3.8) is 0 Å². The lowest BCUT2D eigenvalue weighted by Crippen LogP contribution is -2.23. The first-order valence-electron chi connectivity index (χ1n) is 6.55. The molecule has 1 aliphatic rings. The van der Waals surface area contributed by atoms with Crippen LogP contribution in [0.25, 0.3) is 0 Å². The Morgan fingerprint density at radius 3 is 2.44 bits per heavy atom. The van der Waals surface area contributed by atoms with E-state index >= 15 is 0 Å². The van der Waals surface area contributed by atoms with Gasteiger partial charge in [0.25, 0.3) is 0 Å². The van der Waals surface area contributed by atoms with Gasteiger partial charge in [-0.3, -0.25) is 4.79 Å². The second-order valence-corrected chi connectivity index (χ2v) is 5.21. The minimum Gasteiger partial charge on any atom is -0.481 e. The van der Waals surface area contributed by atoms with Crippen molar-refractivity contribution in [3.8, 4) is 0 Å². The van der Waals surface area contributed by atoms with Crippen molar-refractivity contribution in [2.75, 3.05) is 19.6 Å². The maximum atomic E-state index is 11.4. The van der Waals surface area contributed by atoms with Crippen LogP contribution >= 0.6 is 0 Å². The molecule has 1 N–H and O–H groups in total. The summed E-state index contributed by atoms with van der Waals surface area (Å²) in [5, 5.41) is 9.41. The largest absolute Gasteiger partial charge is 0.481 e. The van der Waals surface area contributed by atoms with Gasteiger partial charge in [-0.25, -0.2) is 0 Å². The van der Waals surface area contributed by atoms with Gasteiger partial charge >= 0.3 is 5.97 Å². The third kappa shape index (κ3) is 2.27. The van der Waals surface area contributed by atoms with E-state index in [1.165, 1.54) is 16.7 Å². The predicted octanol–water partition coefficient (Wildman–Crippen LogP) is 2.42. The molecule has 98 valence electrons. The van der Waals surface area contributed by atoms with Crippen LogP contribution in [-0.2, 0) is 4.79 Å². The van der Waals surface area contributed by atoms with Gasteiger partial charge in [-0.1, -0.05) is 25.1 Å². The number of carbonyl (C=O) groups is 1. The third-order valence-corrected chi connectivity index (χ3v) is 4.07. The Morgan fingerprint density at radius 1 is 1.33 bits per heavy atom. The van der Waals surface area contributed by atoms with Gasteiger partial charge in [0.1, 0.15) is 0 Å². The Morgan fingerprint density at radius 2 is 1.94 bits per heavy atom. The Labute approximate surface area is 108 Å². The van der Waals surface area contributed by atoms with Crippen molar-refractivity contribution in [2.45, 2.75) is 26.7 Å². The van der Waals surface area contributed by atoms with Crippen molar-refractivity contribution in [1.29, 1.82) is 0 Å². The fourth-order valence-electron chi connectivity index (χ4n) is 3.10. The summed E-state index contributed by atoms with van der Waals surface area (Å²) < 4.78 is 0. The number of likely N-dealkylation sites (tertiary alicyclic amines) is 1. The average molecular weight is 247 g/mol. The van der Waals surface area contributed by atoms with E-state index < -0.39 is 5.97 Å². The minimum atomic E-state index is -0.668. The van der Waals surface area contributed by atoms with Crippen LogP contribution in [0.2, 0.25) is 0 Å². The van der Waals surface area contributed by atoms with Crippen molar-refractivity contribution in [1.82, 2.24) is 4.90 Å². The van der Waals surface area contributed by atoms with Gasteiger partial charge in [0.15, 0.2) is 0 Å². The first-order chi connectivity index (χ1) is 8.54. The summed E-state index contributed by atoms with van der Waals surface area (Å²) >= 11 is 0. The molecule has 0 radical (unpaired) electrons. The molecular weight excluding hydrogens is 226 g/mol. The first kappa shape index (κ1) is 13.1. The number of carboxylic acid groups (broad SMARTS) is 1. The molecule has 3 heteroatoms. The van der Waals surface area contributed by atoms with Gasteiger partial charge in [0.05, 0.1) is 5.92 Å². The van der Waals surface area contributed by atoms with E-state index in [2.05, 4.69) is 37.8 Å². The molecule has 0 aliphatic carbocycles. The Balaban J connectivity index is 2.39. The number of carboxylic acids is 1. The second-order valence-electron chi connectivity index (χ2n) is 5.21. The van der Waals surface area contributed by atoms with E-state index in [1.54, 1.807) is 0 Å². The quantitative estimate of drug-likeness (QED) is 0.891. The molecule has 2 rings (SSSR count). The monoisotopic (exact) mass is 247 g/mol. The van der Waals surface area contributed by atoms with Gasteiger partial charge in [-0.2, -0.15) is 0 Å². The topological polar surface area (TPSA) is 40.5 Å². The van der Waals surface area contributed by atoms with Crippen LogP contribution in [-0.4, -0.2) is 35.6 Å². The first-order valence-corrected chi connectivity index (χ1v) is 6.55. The molecule has 1 aromatic carbocycles. The highest BCUT2D eigenvalue weighted by Crippen LogP contribution is 2.36. The summed E-state index contributed by atoms with van der Waals surface area (Å²) in [6.45, 7) is 8.70. The average Bonchev–Trinajstić information content (AvgIpc) is 2.73. The molecule has 0 spiro atoms. The zero-order chi connectivity index (χ0) is 13.3. The van der Waals surface area contributed by atoms with Gasteiger partial charge in [-0.15, -0.1) is 0 Å². The highest BCUT2D eigenvalue weighted by molar-refractivity contribution is 5.72. The standard InChI is InChI=1S/C15H21NO2/c1-4-16-8-12(13(9-16)15(17)18)14-10(2)6-5-7-11(14)3/h5-7,12-13H,4,8-9H2,1-3H3,(H,17,18). The van der Waals surface area contributed by atoms with Gasteiger partial charge in [0.2, 0.25) is 0 Å². The maximum absolute atomic E-state index is 11.4. The summed E-state index contributed by atoms with van der Waals surface area (Å²) in [5.74, 6) is -0.813. The van der Waals surface area contributed by atoms with E-state index in [1.807, 2.05) is 6.07 Å². The van der Waals surface area contributed by atoms with Gasteiger partial charge in [-0.05, 0) is 37.1 Å². The minimum absolute atomic E-state index is 0.128. The van der Waals surface area contributed by atoms with E-state index in [0.717, 1.165) is 13.1 Å². The molecule has 2 atom stereocenters. The summed E-state index contributed by atoms with van der Waals surface area (Å²) in [6.07, 6.45) is 0. The molecule has 1 aliphatic heterocycles. The molecule has 1 heterocycles. The summed E-state index contributed by atoms with van der Waals surface area (Å²) in [5.41, 5.74) is 3.66. The van der Waals surface area contributed by atoms with Crippen LogP contribution < -0.4 is 0 Å². The number of nitrogens with zero attached hydrogens (tertiary/aromatic N) is 1. The molecule has 0 saturated carbocycles. The third-order valence-electron chi connectivity index (χ3n) is 4.07. The molecule has 18 heavy (non-hydrogen) atoms. The van der Waals surface area contributed by atoms with Crippen molar-refractivity contribution < 1.29 is 9.90 Å². The molecule has 0 aromatic heterocycles. The van der Waals surface area contributed by atoms with Gasteiger partial charge in [0, 0.05) is 19.0 Å². The summed E-state index contributed by atoms with van der Waals surface area (Å²) in [6, 6.07) is 6.20. The lowest BCUT2D eigenvalue weighted by Gasteiger charge is -2.20. The molecule has 2 unspecified atom stereocenters. The maximum Gasteiger partial charge on any atom is 0.308 e. The number of hydrogen-bond acceptors (Lipinski definition) is 2. The lowest BCUT2D eigenvalue weighted by atomic mass is 9.84. The Hall–Kier alpha value is -1.35. The molecule has 0 bridgehead atoms. The fourth-order valence-corrected chi connectivity index (χ4v) is 3.10. The molecule has 0 amide bonds. The normalized spacial score (nSPS) is 24.4. The molecule has 1 saturated heterocycles. The number of likely N-dealkylation sites (N-methyl/N-ethyl adjacent to an activating group) is 1. The molecule has 1 aromatic rings. The predicted molar refractivity (Wildman–Crippen MR) is 71.9 cm³/mol. The fraction of sp³-hybridized carbons (Fsp3) is 0.533. The Kier molecular flexibility index (Phi) is 3.71. The van der Waals surface area contributed by atoms with E-state index in [4.69, 9.17) is 0 Å². The van der Waals surface area contributed by atoms with E-state index in [9.17, 15) is 9.90 Å². The zero-order valence-electron chi connectivity index (χ0n) is 11.3. The number of aryl methyl sites for hydroxylation is 2. The number of benzene rings is 1. The zero-order valence-corrected chi connectivity index (χ0v) is 11.3. The number of hydrogen-bond donors (Lipinski definition) is 1. The second kappa shape index (κ2) is 5.11. The van der Waals surface area contributed by atoms with Crippen LogP contribution in [0.3, 0.4) is 0 Å². The molecular formula is C15H21NO2. The highest BCUT2D eigenvalue weighted by Gasteiger charge is 2.38. The van der Waals surface area contributed by atoms with Crippen LogP contribution in [0.15, 0.2) is 18.2 Å². The van der Waals surface area contributed by atoms with Crippen LogP contribution in [0.1, 0.15) is 29.5 Å². The Bertz CT molecular complexity index is 436. The number of aliphatic carboxylic acids is 1. The van der Waals surface area contributed by atoms with Crippen molar-refractivity contribution in [3.05, 3.63) is 34.9 Å². The summed E-state index contributed by atoms with van der Waals surface area (Å²) in [7, 11) is 0. The van der Waals surface area contributed by atoms with Crippen LogP contribution in [0.4, 0.5) is 0 Å². The lowest BCUT2D eigenvalue weighted by molar-refractivity contribution is -0.141. The molecule has 1 fully saturated rings. The van der Waals surface area contributed by atoms with Crippen molar-refractivity contribution in [2.24, 2.45) is 5.92 Å². The number of rotatable bonds is 3. The van der Waals surface area contributed by atoms with E-state index in [-0.39, 0.29) is 11.8 Å². The highest BCUT2D eigenvalue weighted by atomic mass is 16.4. The van der Waals surface area contributed by atoms with Gasteiger partial charge < -0.3 is 10.0 Å². The SMILES string of the molecule is CCN1CC(C(=O)O)C(c2c(C)cccc2C)C1. The van der Waals surface area contributed by atoms with Crippen LogP contribution in [0.5, 0.6) is 0 Å². The van der Waals surface area contributed by atoms with E-state index in [0.29, 0.717) is 6.54 Å². The van der Waals surface area contributed by atoms with Crippen molar-refractivity contribution >= 4 is 5.97 Å². The summed E-state index contributed by atoms with van der Waals surface area (Å²) in [4.78, 5) is 13.7. The smallest absolute Gasteiger partial charge is 0.308 e. The molecule has 3 nitrogen and oxygen atoms in total. The van der Waals surface area contributed by atoms with Crippen LogP contribution in [0, 0.1) is 19.8 Å².